The lowest BCUT2D eigenvalue weighted by Gasteiger charge is -2.33. The molecule has 1 saturated heterocycles. The lowest BCUT2D eigenvalue weighted by Crippen LogP contribution is -2.38. The number of hydrogen-bond donors (Lipinski definition) is 2. The van der Waals surface area contributed by atoms with Crippen LogP contribution in [0, 0.1) is 0 Å². The Hall–Kier alpha value is -3.69. The van der Waals surface area contributed by atoms with Crippen molar-refractivity contribution in [2.75, 3.05) is 36.0 Å². The molecule has 41 heavy (non-hydrogen) atoms. The molecule has 2 aromatic carbocycles. The highest BCUT2D eigenvalue weighted by molar-refractivity contribution is 7.99. The smallest absolute Gasteiger partial charge is 0.228 e. The molecule has 1 amide bonds. The van der Waals surface area contributed by atoms with Crippen LogP contribution in [0.15, 0.2) is 72.0 Å². The van der Waals surface area contributed by atoms with Crippen LogP contribution in [0.3, 0.4) is 0 Å². The maximum absolute atomic E-state index is 12.7. The Labute approximate surface area is 246 Å². The third-order valence-electron chi connectivity index (χ3n) is 7.85. The van der Waals surface area contributed by atoms with Gasteiger partial charge in [0, 0.05) is 48.9 Å². The van der Waals surface area contributed by atoms with E-state index in [1.54, 1.807) is 11.8 Å². The molecule has 4 aromatic rings. The van der Waals surface area contributed by atoms with Crippen LogP contribution in [0.25, 0.3) is 22.6 Å². The van der Waals surface area contributed by atoms with Crippen LogP contribution in [-0.2, 0) is 17.8 Å². The number of anilines is 2. The summed E-state index contributed by atoms with van der Waals surface area (Å²) >= 11 is 1.76. The van der Waals surface area contributed by atoms with Gasteiger partial charge in [-0.1, -0.05) is 60.6 Å². The number of likely N-dealkylation sites (tertiary alicyclic amines) is 1. The summed E-state index contributed by atoms with van der Waals surface area (Å²) < 4.78 is 2.25. The second-order valence-electron chi connectivity index (χ2n) is 10.8. The van der Waals surface area contributed by atoms with E-state index in [1.165, 1.54) is 25.8 Å². The Morgan fingerprint density at radius 2 is 1.95 bits per heavy atom. The van der Waals surface area contributed by atoms with Crippen LogP contribution in [-0.4, -0.2) is 61.8 Å². The van der Waals surface area contributed by atoms with Crippen molar-refractivity contribution in [2.24, 2.45) is 0 Å². The summed E-state index contributed by atoms with van der Waals surface area (Å²) in [6, 6.07) is 20.3. The summed E-state index contributed by atoms with van der Waals surface area (Å²) in [6.45, 7) is 6.37. The monoisotopic (exact) mass is 567 g/mol. The zero-order valence-corrected chi connectivity index (χ0v) is 24.4. The van der Waals surface area contributed by atoms with Gasteiger partial charge in [0.1, 0.15) is 0 Å². The van der Waals surface area contributed by atoms with E-state index in [1.807, 2.05) is 66.9 Å². The highest BCUT2D eigenvalue weighted by Crippen LogP contribution is 2.39. The van der Waals surface area contributed by atoms with Crippen LogP contribution in [0.4, 0.5) is 11.6 Å². The van der Waals surface area contributed by atoms with Gasteiger partial charge < -0.3 is 20.1 Å². The number of nitrogens with one attached hydrogen (secondary N) is 2. The Bertz CT molecular complexity index is 1490. The van der Waals surface area contributed by atoms with Crippen molar-refractivity contribution in [2.45, 2.75) is 56.8 Å². The van der Waals surface area contributed by atoms with Crippen LogP contribution in [0.5, 0.6) is 0 Å². The largest absolute Gasteiger partial charge is 0.354 e. The van der Waals surface area contributed by atoms with Gasteiger partial charge in [-0.15, -0.1) is 0 Å². The number of imidazole rings is 1. The first-order valence-corrected chi connectivity index (χ1v) is 15.6. The maximum atomic E-state index is 12.7. The van der Waals surface area contributed by atoms with Gasteiger partial charge >= 0.3 is 0 Å². The van der Waals surface area contributed by atoms with Crippen LogP contribution in [0.1, 0.15) is 38.2 Å². The van der Waals surface area contributed by atoms with Gasteiger partial charge in [-0.05, 0) is 56.5 Å². The highest BCUT2D eigenvalue weighted by atomic mass is 32.2. The van der Waals surface area contributed by atoms with Crippen molar-refractivity contribution < 1.29 is 4.79 Å². The van der Waals surface area contributed by atoms with Gasteiger partial charge in [-0.2, -0.15) is 0 Å². The van der Waals surface area contributed by atoms with E-state index in [2.05, 4.69) is 32.0 Å². The predicted molar refractivity (Wildman–Crippen MR) is 166 cm³/mol. The second-order valence-corrected chi connectivity index (χ2v) is 11.9. The van der Waals surface area contributed by atoms with Crippen molar-refractivity contribution in [3.8, 4) is 22.6 Å². The Kier molecular flexibility index (Phi) is 8.63. The molecule has 6 rings (SSSR count). The summed E-state index contributed by atoms with van der Waals surface area (Å²) in [7, 11) is 0. The van der Waals surface area contributed by atoms with Crippen LogP contribution < -0.4 is 10.6 Å². The molecule has 2 aliphatic heterocycles. The van der Waals surface area contributed by atoms with E-state index in [0.29, 0.717) is 18.4 Å². The lowest BCUT2D eigenvalue weighted by atomic mass is 10.0. The molecule has 8 nitrogen and oxygen atoms in total. The molecule has 0 aliphatic carbocycles. The highest BCUT2D eigenvalue weighted by Gasteiger charge is 2.25. The molecule has 1 unspecified atom stereocenters. The van der Waals surface area contributed by atoms with E-state index in [0.717, 1.165) is 70.9 Å². The summed E-state index contributed by atoms with van der Waals surface area (Å²) in [5.74, 6) is 1.59. The molecule has 0 spiro atoms. The van der Waals surface area contributed by atoms with Crippen molar-refractivity contribution in [1.82, 2.24) is 24.4 Å². The van der Waals surface area contributed by atoms with E-state index >= 15 is 0 Å². The number of carbonyl (C=O) groups excluding carboxylic acids is 1. The third-order valence-corrected chi connectivity index (χ3v) is 8.81. The molecule has 0 bridgehead atoms. The first-order valence-electron chi connectivity index (χ1n) is 14.6. The SMILES string of the molecule is CC1CCCCN1CCCNc1nccc(-c2c(-c3cccc(NC(=O)Cc4ccccc4)c3)nc3n2CCS3)n1. The van der Waals surface area contributed by atoms with Gasteiger partial charge in [-0.3, -0.25) is 4.79 Å². The summed E-state index contributed by atoms with van der Waals surface area (Å²) in [6.07, 6.45) is 7.18. The van der Waals surface area contributed by atoms with Crippen LogP contribution >= 0.6 is 11.8 Å². The number of amides is 1. The fourth-order valence-electron chi connectivity index (χ4n) is 5.72. The van der Waals surface area contributed by atoms with Gasteiger partial charge in [0.25, 0.3) is 0 Å². The molecule has 0 radical (unpaired) electrons. The summed E-state index contributed by atoms with van der Waals surface area (Å²) in [5, 5.41) is 7.50. The molecule has 2 N–H and O–H groups in total. The molecular formula is C32H37N7OS. The number of hydrogen-bond acceptors (Lipinski definition) is 7. The van der Waals surface area contributed by atoms with E-state index in [9.17, 15) is 4.79 Å². The molecule has 212 valence electrons. The average Bonchev–Trinajstić information content (AvgIpc) is 3.59. The maximum Gasteiger partial charge on any atom is 0.228 e. The minimum atomic E-state index is -0.0438. The van der Waals surface area contributed by atoms with Crippen molar-refractivity contribution in [1.29, 1.82) is 0 Å². The first-order chi connectivity index (χ1) is 20.1. The lowest BCUT2D eigenvalue weighted by molar-refractivity contribution is -0.115. The summed E-state index contributed by atoms with van der Waals surface area (Å²) in [5.41, 5.74) is 5.40. The summed E-state index contributed by atoms with van der Waals surface area (Å²) in [4.78, 5) is 29.8. The minimum absolute atomic E-state index is 0.0438. The Morgan fingerprint density at radius 3 is 2.83 bits per heavy atom. The number of carbonyl (C=O) groups is 1. The number of rotatable bonds is 10. The minimum Gasteiger partial charge on any atom is -0.354 e. The zero-order valence-electron chi connectivity index (χ0n) is 23.6. The average molecular weight is 568 g/mol. The normalized spacial score (nSPS) is 16.9. The Morgan fingerprint density at radius 1 is 1.05 bits per heavy atom. The fourth-order valence-corrected chi connectivity index (χ4v) is 6.67. The fraction of sp³-hybridized carbons (Fsp3) is 0.375. The zero-order chi connectivity index (χ0) is 28.0. The molecule has 0 saturated carbocycles. The third kappa shape index (κ3) is 6.63. The second kappa shape index (κ2) is 12.9. The number of thioether (sulfide) groups is 1. The van der Waals surface area contributed by atoms with E-state index in [4.69, 9.17) is 9.97 Å². The van der Waals surface area contributed by atoms with Gasteiger partial charge in [0.2, 0.25) is 11.9 Å². The molecular weight excluding hydrogens is 530 g/mol. The van der Waals surface area contributed by atoms with Crippen molar-refractivity contribution >= 4 is 29.3 Å². The molecule has 2 aromatic heterocycles. The number of piperidine rings is 1. The molecule has 1 atom stereocenters. The molecule has 9 heteroatoms. The van der Waals surface area contributed by atoms with Crippen molar-refractivity contribution in [3.05, 3.63) is 72.4 Å². The number of nitrogens with zero attached hydrogens (tertiary/aromatic N) is 5. The molecule has 1 fully saturated rings. The van der Waals surface area contributed by atoms with Gasteiger partial charge in [0.05, 0.1) is 23.5 Å². The predicted octanol–water partition coefficient (Wildman–Crippen LogP) is 5.97. The van der Waals surface area contributed by atoms with Gasteiger partial charge in [0.15, 0.2) is 5.16 Å². The number of benzene rings is 2. The van der Waals surface area contributed by atoms with Crippen LogP contribution in [0.2, 0.25) is 0 Å². The van der Waals surface area contributed by atoms with E-state index in [-0.39, 0.29) is 5.91 Å². The molecule has 4 heterocycles. The first kappa shape index (κ1) is 27.5. The topological polar surface area (TPSA) is 88.0 Å². The van der Waals surface area contributed by atoms with E-state index < -0.39 is 0 Å². The molecule has 2 aliphatic rings. The Balaban J connectivity index is 1.18. The van der Waals surface area contributed by atoms with Gasteiger partial charge in [-0.25, -0.2) is 15.0 Å². The number of fused-ring (bicyclic) bond motifs is 1. The number of aromatic nitrogens is 4. The standard InChI is InChI=1S/C32H37N7OS/c1-23-9-5-6-17-38(23)18-8-15-33-31-34-16-14-27(36-31)30-29(37-32-39(30)19-20-41-32)25-12-7-13-26(22-25)35-28(40)21-24-10-3-2-4-11-24/h2-4,7,10-14,16,22-23H,5-6,8-9,15,17-21H2,1H3,(H,35,40)(H,33,34,36). The van der Waals surface area contributed by atoms with Crippen molar-refractivity contribution in [3.63, 3.8) is 0 Å². The quantitative estimate of drug-likeness (QED) is 0.228.